The quantitative estimate of drug-likeness (QED) is 0.165. The van der Waals surface area contributed by atoms with Crippen LogP contribution in [-0.4, -0.2) is 58.7 Å². The average Bonchev–Trinajstić information content (AvgIpc) is 1.66. The van der Waals surface area contributed by atoms with E-state index in [1.165, 1.54) is 0 Å². The zero-order valence-corrected chi connectivity index (χ0v) is 14.8. The first-order chi connectivity index (χ1) is 7.73. The molecule has 0 aromatic heterocycles. The van der Waals surface area contributed by atoms with Gasteiger partial charge in [0.1, 0.15) is 0 Å². The van der Waals surface area contributed by atoms with Crippen molar-refractivity contribution in [2.75, 3.05) is 0 Å². The number of carbonyl (C=O) groups excluding carboxylic acids is 1. The summed E-state index contributed by atoms with van der Waals surface area (Å²) in [6, 6.07) is 0. The van der Waals surface area contributed by atoms with Crippen LogP contribution in [0, 0.1) is 0 Å². The summed E-state index contributed by atoms with van der Waals surface area (Å²) in [5, 5.41) is 16.7. The summed E-state index contributed by atoms with van der Waals surface area (Å²) in [6.45, 7) is 0. The Balaban J connectivity index is -0.0000000262. The third-order valence-corrected chi connectivity index (χ3v) is 0. The zero-order chi connectivity index (χ0) is 17.1. The van der Waals surface area contributed by atoms with Crippen molar-refractivity contribution >= 4 is 37.4 Å². The van der Waals surface area contributed by atoms with E-state index in [9.17, 15) is 0 Å². The molecule has 0 aliphatic heterocycles. The largest absolute Gasteiger partial charge is 3.00 e. The zero-order valence-electron chi connectivity index (χ0n) is 8.93. The fourth-order valence-electron chi connectivity index (χ4n) is 0. The van der Waals surface area contributed by atoms with Gasteiger partial charge in [0.15, 0.2) is 0 Å². The van der Waals surface area contributed by atoms with Crippen LogP contribution in [0.25, 0.3) is 0 Å². The van der Waals surface area contributed by atoms with E-state index in [4.69, 9.17) is 67.6 Å². The Kier molecular flexibility index (Phi) is 38.3. The Morgan fingerprint density at radius 1 is 0.545 bits per heavy atom. The molecule has 135 valence electrons. The molecule has 0 N–H and O–H groups in total. The van der Waals surface area contributed by atoms with Crippen molar-refractivity contribution in [3.8, 4) is 0 Å². The van der Waals surface area contributed by atoms with Crippen molar-refractivity contribution in [1.82, 2.24) is 0 Å². The predicted molar refractivity (Wildman–Crippen MR) is 36.8 cm³/mol. The van der Waals surface area contributed by atoms with Crippen molar-refractivity contribution in [3.05, 3.63) is 0 Å². The molecule has 0 amide bonds. The Morgan fingerprint density at radius 2 is 0.545 bits per heavy atom. The van der Waals surface area contributed by atoms with Crippen molar-refractivity contribution in [2.45, 2.75) is 0 Å². The van der Waals surface area contributed by atoms with Gasteiger partial charge in [-0.2, -0.15) is 0 Å². The SMILES string of the molecule is O=C([O-])[O-].O=S(=O)([O-])[O-].O=S(=O)([O-])[O-].O=S(=O)([O-])[O-].[Fe+3].[Fe+3].[Mn+2]. The molecule has 0 saturated heterocycles. The molecule has 0 atom stereocenters. The van der Waals surface area contributed by atoms with Gasteiger partial charge < -0.3 is 42.3 Å². The topological polar surface area (TPSA) is 304 Å². The molecule has 22 heavy (non-hydrogen) atoms. The second-order valence-corrected chi connectivity index (χ2v) is 3.92. The minimum Gasteiger partial charge on any atom is -0.759 e. The predicted octanol–water partition coefficient (Wildman–Crippen LogP) is -6.47. The average molecular weight is 515 g/mol. The van der Waals surface area contributed by atoms with E-state index in [1.54, 1.807) is 0 Å². The molecule has 0 heterocycles. The summed E-state index contributed by atoms with van der Waals surface area (Å²) in [6.07, 6.45) is -2.33. The number of hydrogen-bond acceptors (Lipinski definition) is 15. The van der Waals surface area contributed by atoms with Crippen molar-refractivity contribution in [3.63, 3.8) is 0 Å². The van der Waals surface area contributed by atoms with E-state index < -0.39 is 37.4 Å². The first kappa shape index (κ1) is 43.3. The molecule has 0 rings (SSSR count). The summed E-state index contributed by atoms with van der Waals surface area (Å²) in [7, 11) is -15.5. The van der Waals surface area contributed by atoms with E-state index in [2.05, 4.69) is 0 Å². The minimum atomic E-state index is -5.17. The van der Waals surface area contributed by atoms with Gasteiger partial charge in [-0.1, -0.05) is 0 Å². The van der Waals surface area contributed by atoms with Crippen LogP contribution >= 0.6 is 0 Å². The van der Waals surface area contributed by atoms with Gasteiger partial charge in [-0.25, -0.2) is 0 Å². The first-order valence-electron chi connectivity index (χ1n) is 2.61. The molecule has 15 nitrogen and oxygen atoms in total. The van der Waals surface area contributed by atoms with Crippen LogP contribution in [0.2, 0.25) is 0 Å². The molecule has 0 fully saturated rings. The van der Waals surface area contributed by atoms with Crippen LogP contribution in [0.15, 0.2) is 0 Å². The second-order valence-electron chi connectivity index (χ2n) is 1.47. The Bertz CT molecular complexity index is 430. The molecule has 0 saturated carbocycles. The van der Waals surface area contributed by atoms with Gasteiger partial charge in [-0.05, 0) is 6.16 Å². The molecule has 0 aliphatic carbocycles. The molecule has 0 aromatic carbocycles. The maximum absolute atomic E-state index is 8.52. The van der Waals surface area contributed by atoms with E-state index in [1.807, 2.05) is 0 Å². The van der Waals surface area contributed by atoms with E-state index >= 15 is 0 Å². The van der Waals surface area contributed by atoms with Gasteiger partial charge in [-0.3, -0.25) is 25.3 Å². The maximum atomic E-state index is 8.52. The normalized spacial score (nSPS) is 9.00. The van der Waals surface area contributed by atoms with Gasteiger partial charge in [0.05, 0.1) is 0 Å². The Hall–Kier alpha value is 0.438. The second kappa shape index (κ2) is 19.5. The third-order valence-electron chi connectivity index (χ3n) is 0. The van der Waals surface area contributed by atoms with Crippen molar-refractivity contribution in [2.24, 2.45) is 0 Å². The smallest absolute Gasteiger partial charge is 0.759 e. The monoisotopic (exact) mass is 515 g/mol. The summed E-state index contributed by atoms with van der Waals surface area (Å²) in [5.74, 6) is 0. The number of hydrogen-bond donors (Lipinski definition) is 0. The van der Waals surface area contributed by atoms with Crippen LogP contribution in [0.1, 0.15) is 0 Å². The summed E-state index contributed by atoms with van der Waals surface area (Å²) in [4.78, 5) is 8.33. The van der Waals surface area contributed by atoms with E-state index in [-0.39, 0.29) is 51.2 Å². The standard InChI is InChI=1S/CH2O3.2Fe.Mn.3H2O4S/c2-1(3)4;;;;3*1-5(2,3)4/h(H2,2,3,4);;;;3*(H2,1,2,3,4)/q;2*+3;+2;;;/p-8. The van der Waals surface area contributed by atoms with Gasteiger partial charge in [0.25, 0.3) is 0 Å². The van der Waals surface area contributed by atoms with Crippen LogP contribution in [0.3, 0.4) is 0 Å². The van der Waals surface area contributed by atoms with Crippen molar-refractivity contribution in [1.29, 1.82) is 0 Å². The first-order valence-corrected chi connectivity index (χ1v) is 6.61. The van der Waals surface area contributed by atoms with E-state index in [0.29, 0.717) is 0 Å². The molecule has 3 radical (unpaired) electrons. The maximum Gasteiger partial charge on any atom is 3.00 e. The number of carboxylic acid groups (broad SMARTS) is 2. The van der Waals surface area contributed by atoms with Gasteiger partial charge in [-0.15, -0.1) is 0 Å². The van der Waals surface area contributed by atoms with Gasteiger partial charge in [0.2, 0.25) is 0 Å². The summed E-state index contributed by atoms with van der Waals surface area (Å²) >= 11 is 0. The Morgan fingerprint density at radius 3 is 0.545 bits per heavy atom. The van der Waals surface area contributed by atoms with E-state index in [0.717, 1.165) is 0 Å². The minimum absolute atomic E-state index is 0. The van der Waals surface area contributed by atoms with Gasteiger partial charge in [0, 0.05) is 31.2 Å². The summed E-state index contributed by atoms with van der Waals surface area (Å²) in [5.41, 5.74) is 0. The molecule has 0 bridgehead atoms. The number of rotatable bonds is 0. The Labute approximate surface area is 155 Å². The van der Waals surface area contributed by atoms with Crippen LogP contribution in [-0.2, 0) is 82.4 Å². The summed E-state index contributed by atoms with van der Waals surface area (Å²) < 4.78 is 102. The molecule has 0 aliphatic rings. The molecular formula is CFe2MnO15S3. The molecule has 0 aromatic rings. The van der Waals surface area contributed by atoms with Crippen molar-refractivity contribution < 1.29 is 119 Å². The molecule has 0 unspecified atom stereocenters. The molecular weight excluding hydrogens is 515 g/mol. The van der Waals surface area contributed by atoms with Crippen LogP contribution < -0.4 is 10.2 Å². The third kappa shape index (κ3) is 40200. The molecule has 0 spiro atoms. The van der Waals surface area contributed by atoms with Crippen LogP contribution in [0.5, 0.6) is 0 Å². The number of carbonyl (C=O) groups is 1. The molecule has 21 heteroatoms. The fraction of sp³-hybridized carbons (Fsp3) is 0. The van der Waals surface area contributed by atoms with Gasteiger partial charge >= 0.3 is 51.2 Å². The fourth-order valence-corrected chi connectivity index (χ4v) is 0. The van der Waals surface area contributed by atoms with Crippen LogP contribution in [0.4, 0.5) is 4.79 Å².